The zero-order valence-corrected chi connectivity index (χ0v) is 9.49. The van der Waals surface area contributed by atoms with Crippen LogP contribution in [0.3, 0.4) is 0 Å². The Morgan fingerprint density at radius 3 is 1.73 bits per heavy atom. The molecule has 0 aliphatic heterocycles. The summed E-state index contributed by atoms with van der Waals surface area (Å²) in [5.74, 6) is 1.72. The van der Waals surface area contributed by atoms with Crippen LogP contribution in [-0.2, 0) is 0 Å². The van der Waals surface area contributed by atoms with Crippen LogP contribution < -0.4 is 0 Å². The van der Waals surface area contributed by atoms with E-state index in [-0.39, 0.29) is 0 Å². The second kappa shape index (κ2) is 3.52. The molecule has 11 heavy (non-hydrogen) atoms. The van der Waals surface area contributed by atoms with Crippen LogP contribution in [0.1, 0.15) is 33.6 Å². The Bertz CT molecular complexity index is 136. The monoisotopic (exact) mass is 171 g/mol. The Labute approximate surface area is 71.7 Å². The van der Waals surface area contributed by atoms with Gasteiger partial charge in [0.05, 0.1) is 8.07 Å². The first-order chi connectivity index (χ1) is 4.93. The summed E-state index contributed by atoms with van der Waals surface area (Å²) in [4.78, 5) is 0. The maximum absolute atomic E-state index is 7.40. The second-order valence-corrected chi connectivity index (χ2v) is 9.07. The molecule has 0 rings (SSSR count). The molecule has 0 heterocycles. The molecule has 0 aliphatic carbocycles. The highest BCUT2D eigenvalue weighted by atomic mass is 28.3. The summed E-state index contributed by atoms with van der Waals surface area (Å²) in [6.45, 7) is 11.4. The molecule has 0 aromatic heterocycles. The third-order valence-corrected chi connectivity index (χ3v) is 8.02. The predicted octanol–water partition coefficient (Wildman–Crippen LogP) is 3.46. The molecule has 0 aromatic rings. The lowest BCUT2D eigenvalue weighted by molar-refractivity contribution is 0.549. The molecule has 0 unspecified atom stereocenters. The van der Waals surface area contributed by atoms with E-state index in [0.717, 1.165) is 0 Å². The maximum atomic E-state index is 7.40. The quantitative estimate of drug-likeness (QED) is 0.495. The molecular weight excluding hydrogens is 150 g/mol. The minimum atomic E-state index is -1.39. The molecule has 0 saturated carbocycles. The van der Waals surface area contributed by atoms with E-state index in [1.54, 1.807) is 5.84 Å². The Morgan fingerprint density at radius 2 is 1.64 bits per heavy atom. The van der Waals surface area contributed by atoms with Gasteiger partial charge in [-0.3, -0.25) is 0 Å². The highest BCUT2D eigenvalue weighted by Gasteiger charge is 2.38. The van der Waals surface area contributed by atoms with Crippen molar-refractivity contribution >= 4 is 13.9 Å². The van der Waals surface area contributed by atoms with Crippen molar-refractivity contribution in [2.75, 3.05) is 0 Å². The van der Waals surface area contributed by atoms with Gasteiger partial charge in [0.15, 0.2) is 0 Å². The summed E-state index contributed by atoms with van der Waals surface area (Å²) in [5, 5.41) is 7.83. The van der Waals surface area contributed by atoms with Crippen molar-refractivity contribution in [1.29, 1.82) is 5.41 Å². The minimum Gasteiger partial charge on any atom is -0.318 e. The third-order valence-electron chi connectivity index (χ3n) is 3.48. The SMILES string of the molecule is CCC(C)(CC)[Si](C)(C)C=N. The molecule has 0 saturated heterocycles. The lowest BCUT2D eigenvalue weighted by atomic mass is 10.1. The molecule has 0 bridgehead atoms. The molecule has 0 amide bonds. The van der Waals surface area contributed by atoms with Crippen LogP contribution in [-0.4, -0.2) is 13.9 Å². The molecule has 2 heteroatoms. The van der Waals surface area contributed by atoms with Crippen LogP contribution in [0.4, 0.5) is 0 Å². The van der Waals surface area contributed by atoms with Gasteiger partial charge in [0.2, 0.25) is 0 Å². The molecule has 66 valence electrons. The van der Waals surface area contributed by atoms with E-state index in [1.165, 1.54) is 12.8 Å². The van der Waals surface area contributed by atoms with Gasteiger partial charge in [-0.1, -0.05) is 46.7 Å². The van der Waals surface area contributed by atoms with Crippen LogP contribution >= 0.6 is 0 Å². The van der Waals surface area contributed by atoms with Crippen LogP contribution in [0.25, 0.3) is 0 Å². The largest absolute Gasteiger partial charge is 0.318 e. The van der Waals surface area contributed by atoms with Crippen LogP contribution in [0.2, 0.25) is 18.1 Å². The molecule has 0 spiro atoms. The first-order valence-corrected chi connectivity index (χ1v) is 7.53. The van der Waals surface area contributed by atoms with E-state index in [2.05, 4.69) is 33.9 Å². The zero-order chi connectivity index (χ0) is 9.12. The summed E-state index contributed by atoms with van der Waals surface area (Å²) >= 11 is 0. The second-order valence-electron chi connectivity index (χ2n) is 4.13. The van der Waals surface area contributed by atoms with Crippen molar-refractivity contribution < 1.29 is 0 Å². The van der Waals surface area contributed by atoms with E-state index in [9.17, 15) is 0 Å². The Hall–Kier alpha value is -0.113. The first-order valence-electron chi connectivity index (χ1n) is 4.45. The molecular formula is C9H21NSi. The normalized spacial score (nSPS) is 13.2. The van der Waals surface area contributed by atoms with Gasteiger partial charge in [0.25, 0.3) is 0 Å². The zero-order valence-electron chi connectivity index (χ0n) is 8.49. The lowest BCUT2D eigenvalue weighted by Gasteiger charge is -2.38. The molecule has 1 N–H and O–H groups in total. The average Bonchev–Trinajstić information content (AvgIpc) is 2.02. The Balaban J connectivity index is 4.60. The lowest BCUT2D eigenvalue weighted by Crippen LogP contribution is -2.41. The topological polar surface area (TPSA) is 23.9 Å². The summed E-state index contributed by atoms with van der Waals surface area (Å²) < 4.78 is 0. The van der Waals surface area contributed by atoms with Crippen LogP contribution in [0.15, 0.2) is 0 Å². The molecule has 0 fully saturated rings. The standard InChI is InChI=1S/C9H21NSi/c1-6-9(3,7-2)11(4,5)8-10/h8,10H,6-7H2,1-5H3. The molecule has 1 nitrogen and oxygen atoms in total. The van der Waals surface area contributed by atoms with Gasteiger partial charge in [-0.05, 0) is 10.9 Å². The van der Waals surface area contributed by atoms with Crippen LogP contribution in [0.5, 0.6) is 0 Å². The molecule has 0 aliphatic rings. The summed E-state index contributed by atoms with van der Waals surface area (Å²) in [7, 11) is -1.39. The fraction of sp³-hybridized carbons (Fsp3) is 0.889. The van der Waals surface area contributed by atoms with Crippen molar-refractivity contribution in [3.05, 3.63) is 0 Å². The fourth-order valence-corrected chi connectivity index (χ4v) is 3.51. The predicted molar refractivity (Wildman–Crippen MR) is 55.2 cm³/mol. The Kier molecular flexibility index (Phi) is 3.49. The highest BCUT2D eigenvalue weighted by Crippen LogP contribution is 2.42. The molecule has 0 atom stereocenters. The van der Waals surface area contributed by atoms with Crippen molar-refractivity contribution in [2.24, 2.45) is 0 Å². The maximum Gasteiger partial charge on any atom is 0.0996 e. The third kappa shape index (κ3) is 1.92. The van der Waals surface area contributed by atoms with E-state index in [4.69, 9.17) is 5.41 Å². The molecule has 0 radical (unpaired) electrons. The molecule has 0 aromatic carbocycles. The average molecular weight is 171 g/mol. The van der Waals surface area contributed by atoms with Gasteiger partial charge in [-0.25, -0.2) is 0 Å². The van der Waals surface area contributed by atoms with Gasteiger partial charge >= 0.3 is 0 Å². The minimum absolute atomic E-state index is 0.425. The number of nitrogens with one attached hydrogen (secondary N) is 1. The Morgan fingerprint density at radius 1 is 1.27 bits per heavy atom. The summed E-state index contributed by atoms with van der Waals surface area (Å²) in [6.07, 6.45) is 2.41. The van der Waals surface area contributed by atoms with Gasteiger partial charge in [-0.2, -0.15) is 0 Å². The van der Waals surface area contributed by atoms with Crippen molar-refractivity contribution in [1.82, 2.24) is 0 Å². The number of hydrogen-bond donors (Lipinski definition) is 1. The van der Waals surface area contributed by atoms with Gasteiger partial charge < -0.3 is 5.41 Å². The van der Waals surface area contributed by atoms with Crippen LogP contribution in [0, 0.1) is 5.41 Å². The van der Waals surface area contributed by atoms with E-state index >= 15 is 0 Å². The van der Waals surface area contributed by atoms with Gasteiger partial charge in [0.1, 0.15) is 0 Å². The van der Waals surface area contributed by atoms with Gasteiger partial charge in [-0.15, -0.1) is 0 Å². The van der Waals surface area contributed by atoms with Crippen molar-refractivity contribution in [3.63, 3.8) is 0 Å². The highest BCUT2D eigenvalue weighted by molar-refractivity contribution is 7.02. The smallest absolute Gasteiger partial charge is 0.0996 e. The van der Waals surface area contributed by atoms with Gasteiger partial charge in [0, 0.05) is 0 Å². The van der Waals surface area contributed by atoms with Crippen molar-refractivity contribution in [2.45, 2.75) is 51.7 Å². The fourth-order valence-electron chi connectivity index (χ4n) is 1.34. The van der Waals surface area contributed by atoms with E-state index < -0.39 is 8.07 Å². The number of hydrogen-bond acceptors (Lipinski definition) is 1. The van der Waals surface area contributed by atoms with E-state index in [1.807, 2.05) is 0 Å². The van der Waals surface area contributed by atoms with Crippen molar-refractivity contribution in [3.8, 4) is 0 Å². The summed E-state index contributed by atoms with van der Waals surface area (Å²) in [6, 6.07) is 0. The summed E-state index contributed by atoms with van der Waals surface area (Å²) in [5.41, 5.74) is 0. The van der Waals surface area contributed by atoms with E-state index in [0.29, 0.717) is 5.04 Å². The number of rotatable bonds is 4. The first kappa shape index (κ1) is 10.9.